The van der Waals surface area contributed by atoms with Crippen LogP contribution in [0.15, 0.2) is 50.5 Å². The molecule has 0 fully saturated rings. The van der Waals surface area contributed by atoms with Crippen molar-refractivity contribution in [3.8, 4) is 22.7 Å². The van der Waals surface area contributed by atoms with E-state index in [1.807, 2.05) is 57.2 Å². The van der Waals surface area contributed by atoms with Crippen LogP contribution in [0.1, 0.15) is 23.0 Å². The van der Waals surface area contributed by atoms with Crippen molar-refractivity contribution in [3.63, 3.8) is 0 Å². The first-order valence-corrected chi connectivity index (χ1v) is 10.3. The quantitative estimate of drug-likeness (QED) is 0.390. The van der Waals surface area contributed by atoms with E-state index in [4.69, 9.17) is 8.94 Å². The maximum Gasteiger partial charge on any atom is 0.253 e. The second-order valence-electron chi connectivity index (χ2n) is 6.76. The smallest absolute Gasteiger partial charge is 0.253 e. The third kappa shape index (κ3) is 3.35. The number of hydrogen-bond donors (Lipinski definition) is 0. The molecule has 0 radical (unpaired) electrons. The molecule has 0 aliphatic heterocycles. The van der Waals surface area contributed by atoms with Crippen LogP contribution in [-0.4, -0.2) is 34.9 Å². The zero-order valence-corrected chi connectivity index (χ0v) is 17.3. The Bertz CT molecular complexity index is 1340. The van der Waals surface area contributed by atoms with E-state index in [1.165, 1.54) is 11.8 Å². The monoisotopic (exact) mass is 419 g/mol. The number of rotatable bonds is 5. The minimum Gasteiger partial charge on any atom is -0.420 e. The topological polar surface area (TPSA) is 108 Å². The fourth-order valence-corrected chi connectivity index (χ4v) is 3.82. The first-order valence-electron chi connectivity index (χ1n) is 9.27. The summed E-state index contributed by atoms with van der Waals surface area (Å²) in [4.78, 5) is 8.87. The average molecular weight is 419 g/mol. The summed E-state index contributed by atoms with van der Waals surface area (Å²) < 4.78 is 13.0. The zero-order valence-electron chi connectivity index (χ0n) is 16.5. The van der Waals surface area contributed by atoms with Gasteiger partial charge in [-0.1, -0.05) is 47.3 Å². The summed E-state index contributed by atoms with van der Waals surface area (Å²) >= 11 is 1.41. The van der Waals surface area contributed by atoms with E-state index in [2.05, 4.69) is 30.4 Å². The molecule has 5 rings (SSSR count). The maximum absolute atomic E-state index is 5.89. The third-order valence-corrected chi connectivity index (χ3v) is 5.34. The number of nitrogens with zero attached hydrogens (tertiary/aromatic N) is 7. The van der Waals surface area contributed by atoms with Gasteiger partial charge in [-0.2, -0.15) is 4.98 Å². The van der Waals surface area contributed by atoms with Crippen LogP contribution >= 0.6 is 11.8 Å². The van der Waals surface area contributed by atoms with Crippen LogP contribution in [0.5, 0.6) is 0 Å². The van der Waals surface area contributed by atoms with E-state index < -0.39 is 0 Å². The largest absolute Gasteiger partial charge is 0.420 e. The molecule has 150 valence electrons. The highest BCUT2D eigenvalue weighted by atomic mass is 32.2. The molecule has 5 aromatic rings. The highest BCUT2D eigenvalue weighted by molar-refractivity contribution is 7.98. The standard InChI is InChI=1S/C20H17N7O2S/c1-11-9-12(2)27-19(21-11)22-20(25-27)30-10-15-23-24-18(28-15)16-13(3)29-26-17(16)14-7-5-4-6-8-14/h4-9H,10H2,1-3H3. The molecule has 0 spiro atoms. The van der Waals surface area contributed by atoms with E-state index in [9.17, 15) is 0 Å². The molecule has 0 aliphatic rings. The van der Waals surface area contributed by atoms with Gasteiger partial charge in [-0.15, -0.1) is 15.3 Å². The van der Waals surface area contributed by atoms with Crippen LogP contribution in [-0.2, 0) is 5.75 Å². The molecular weight excluding hydrogens is 402 g/mol. The Labute approximate surface area is 175 Å². The van der Waals surface area contributed by atoms with Crippen molar-refractivity contribution in [1.82, 2.24) is 34.9 Å². The number of hydrogen-bond acceptors (Lipinski definition) is 9. The molecule has 10 heteroatoms. The van der Waals surface area contributed by atoms with Gasteiger partial charge in [-0.3, -0.25) is 0 Å². The van der Waals surface area contributed by atoms with Gasteiger partial charge >= 0.3 is 0 Å². The Kier molecular flexibility index (Phi) is 4.55. The van der Waals surface area contributed by atoms with Crippen molar-refractivity contribution in [2.45, 2.75) is 31.7 Å². The maximum atomic E-state index is 5.89. The zero-order chi connectivity index (χ0) is 20.7. The molecule has 0 aliphatic carbocycles. The molecular formula is C20H17N7O2S. The van der Waals surface area contributed by atoms with E-state index in [-0.39, 0.29) is 0 Å². The molecule has 9 nitrogen and oxygen atoms in total. The highest BCUT2D eigenvalue weighted by Crippen LogP contribution is 2.33. The fraction of sp³-hybridized carbons (Fsp3) is 0.200. The van der Waals surface area contributed by atoms with Crippen molar-refractivity contribution < 1.29 is 8.94 Å². The SMILES string of the molecule is Cc1cc(C)n2nc(SCc3nnc(-c4c(-c5ccccc5)noc4C)o3)nc2n1. The molecule has 1 aromatic carbocycles. The highest BCUT2D eigenvalue weighted by Gasteiger charge is 2.22. The second-order valence-corrected chi connectivity index (χ2v) is 7.71. The summed E-state index contributed by atoms with van der Waals surface area (Å²) in [6.45, 7) is 5.73. The third-order valence-electron chi connectivity index (χ3n) is 4.51. The van der Waals surface area contributed by atoms with E-state index in [1.54, 1.807) is 4.52 Å². The average Bonchev–Trinajstić information content (AvgIpc) is 3.45. The minimum atomic E-state index is 0.374. The summed E-state index contributed by atoms with van der Waals surface area (Å²) in [6.07, 6.45) is 0. The fourth-order valence-electron chi connectivity index (χ4n) is 3.17. The Morgan fingerprint density at radius 3 is 2.70 bits per heavy atom. The van der Waals surface area contributed by atoms with Gasteiger partial charge in [0.2, 0.25) is 11.0 Å². The lowest BCUT2D eigenvalue weighted by molar-refractivity contribution is 0.399. The molecule has 0 N–H and O–H groups in total. The van der Waals surface area contributed by atoms with Crippen LogP contribution in [0.25, 0.3) is 28.5 Å². The van der Waals surface area contributed by atoms with E-state index >= 15 is 0 Å². The van der Waals surface area contributed by atoms with E-state index in [0.717, 1.165) is 17.0 Å². The van der Waals surface area contributed by atoms with Crippen LogP contribution < -0.4 is 0 Å². The van der Waals surface area contributed by atoms with Gasteiger partial charge in [-0.25, -0.2) is 9.50 Å². The van der Waals surface area contributed by atoms with Crippen LogP contribution in [0, 0.1) is 20.8 Å². The van der Waals surface area contributed by atoms with Gasteiger partial charge in [0.05, 0.1) is 5.75 Å². The number of fused-ring (bicyclic) bond motifs is 1. The van der Waals surface area contributed by atoms with E-state index in [0.29, 0.717) is 45.5 Å². The number of thioether (sulfide) groups is 1. The predicted molar refractivity (Wildman–Crippen MR) is 110 cm³/mol. The molecule has 0 atom stereocenters. The lowest BCUT2D eigenvalue weighted by Gasteiger charge is -1.98. The number of aromatic nitrogens is 7. The number of aryl methyl sites for hydroxylation is 3. The Balaban J connectivity index is 1.38. The van der Waals surface area contributed by atoms with Crippen LogP contribution in [0.2, 0.25) is 0 Å². The van der Waals surface area contributed by atoms with Gasteiger partial charge in [0.15, 0.2) is 0 Å². The normalized spacial score (nSPS) is 11.4. The first kappa shape index (κ1) is 18.5. The van der Waals surface area contributed by atoms with Crippen LogP contribution in [0.3, 0.4) is 0 Å². The van der Waals surface area contributed by atoms with Gasteiger partial charge in [0.25, 0.3) is 11.7 Å². The predicted octanol–water partition coefficient (Wildman–Crippen LogP) is 4.05. The van der Waals surface area contributed by atoms with Gasteiger partial charge < -0.3 is 8.94 Å². The Hall–Kier alpha value is -3.53. The molecule has 4 heterocycles. The lowest BCUT2D eigenvalue weighted by Crippen LogP contribution is -1.97. The summed E-state index contributed by atoms with van der Waals surface area (Å²) in [5, 5.41) is 17.6. The van der Waals surface area contributed by atoms with Gasteiger partial charge in [0, 0.05) is 17.0 Å². The molecule has 0 saturated heterocycles. The van der Waals surface area contributed by atoms with Crippen molar-refractivity contribution in [1.29, 1.82) is 0 Å². The second kappa shape index (κ2) is 7.38. The van der Waals surface area contributed by atoms with Crippen molar-refractivity contribution in [2.24, 2.45) is 0 Å². The molecule has 30 heavy (non-hydrogen) atoms. The summed E-state index contributed by atoms with van der Waals surface area (Å²) in [5.74, 6) is 2.48. The summed E-state index contributed by atoms with van der Waals surface area (Å²) in [5.41, 5.74) is 4.18. The first-order chi connectivity index (χ1) is 14.6. The lowest BCUT2D eigenvalue weighted by atomic mass is 10.1. The Morgan fingerprint density at radius 2 is 1.87 bits per heavy atom. The molecule has 0 amide bonds. The number of benzene rings is 1. The molecule has 4 aromatic heterocycles. The minimum absolute atomic E-state index is 0.374. The van der Waals surface area contributed by atoms with Crippen molar-refractivity contribution >= 4 is 17.5 Å². The van der Waals surface area contributed by atoms with Crippen LogP contribution in [0.4, 0.5) is 0 Å². The summed E-state index contributed by atoms with van der Waals surface area (Å²) in [7, 11) is 0. The van der Waals surface area contributed by atoms with Gasteiger partial charge in [-0.05, 0) is 26.8 Å². The molecule has 0 unspecified atom stereocenters. The summed E-state index contributed by atoms with van der Waals surface area (Å²) in [6, 6.07) is 11.7. The van der Waals surface area contributed by atoms with Crippen molar-refractivity contribution in [2.75, 3.05) is 0 Å². The van der Waals surface area contributed by atoms with Gasteiger partial charge in [0.1, 0.15) is 17.0 Å². The van der Waals surface area contributed by atoms with Crippen molar-refractivity contribution in [3.05, 3.63) is 59.4 Å². The molecule has 0 saturated carbocycles. The Morgan fingerprint density at radius 1 is 1.03 bits per heavy atom. The molecule has 0 bridgehead atoms.